The molecule has 2 saturated heterocycles. The minimum absolute atomic E-state index is 0.0159. The molecule has 0 radical (unpaired) electrons. The number of piperidine rings is 1. The Labute approximate surface area is 184 Å². The summed E-state index contributed by atoms with van der Waals surface area (Å²) in [5.74, 6) is 0.515. The van der Waals surface area contributed by atoms with Gasteiger partial charge in [0.1, 0.15) is 5.69 Å². The highest BCUT2D eigenvalue weighted by Crippen LogP contribution is 2.26. The van der Waals surface area contributed by atoms with Gasteiger partial charge in [0.25, 0.3) is 5.91 Å². The van der Waals surface area contributed by atoms with E-state index in [2.05, 4.69) is 27.1 Å². The molecule has 7 nitrogen and oxygen atoms in total. The van der Waals surface area contributed by atoms with Crippen molar-refractivity contribution >= 4 is 22.7 Å². The van der Waals surface area contributed by atoms with Gasteiger partial charge in [0.2, 0.25) is 5.91 Å². The van der Waals surface area contributed by atoms with E-state index >= 15 is 0 Å². The lowest BCUT2D eigenvalue weighted by Crippen LogP contribution is -2.48. The van der Waals surface area contributed by atoms with Crippen LogP contribution in [0.4, 0.5) is 0 Å². The molecule has 3 heterocycles. The van der Waals surface area contributed by atoms with Crippen molar-refractivity contribution in [3.8, 4) is 0 Å². The monoisotopic (exact) mass is 425 g/mol. The number of hydrogen-bond acceptors (Lipinski definition) is 4. The van der Waals surface area contributed by atoms with Gasteiger partial charge in [-0.15, -0.1) is 0 Å². The van der Waals surface area contributed by atoms with Crippen LogP contribution < -0.4 is 5.32 Å². The quantitative estimate of drug-likeness (QED) is 0.743. The number of para-hydroxylation sites is 1. The predicted molar refractivity (Wildman–Crippen MR) is 123 cm³/mol. The number of fused-ring (bicyclic) bond motifs is 1. The lowest BCUT2D eigenvalue weighted by Gasteiger charge is -2.34. The number of carbonyl (C=O) groups excluding carboxylic acids is 2. The smallest absolute Gasteiger partial charge is 0.270 e. The molecule has 2 N–H and O–H groups in total. The maximum Gasteiger partial charge on any atom is 0.270 e. The number of aromatic nitrogens is 1. The topological polar surface area (TPSA) is 71.7 Å². The summed E-state index contributed by atoms with van der Waals surface area (Å²) in [6.45, 7) is 9.42. The van der Waals surface area contributed by atoms with E-state index in [9.17, 15) is 9.59 Å². The molecule has 1 atom stereocenters. The van der Waals surface area contributed by atoms with Crippen LogP contribution in [0.5, 0.6) is 0 Å². The van der Waals surface area contributed by atoms with Crippen molar-refractivity contribution in [3.05, 3.63) is 36.0 Å². The second-order valence-electron chi connectivity index (χ2n) is 9.12. The van der Waals surface area contributed by atoms with Crippen molar-refractivity contribution in [3.63, 3.8) is 0 Å². The number of aromatic amines is 1. The van der Waals surface area contributed by atoms with E-state index in [1.165, 1.54) is 0 Å². The minimum atomic E-state index is -0.0159. The molecule has 4 rings (SSSR count). The van der Waals surface area contributed by atoms with Gasteiger partial charge in [-0.1, -0.05) is 25.1 Å². The third kappa shape index (κ3) is 5.28. The molecule has 2 aliphatic heterocycles. The molecule has 0 aliphatic carbocycles. The highest BCUT2D eigenvalue weighted by Gasteiger charge is 2.30. The molecule has 2 fully saturated rings. The van der Waals surface area contributed by atoms with E-state index in [-0.39, 0.29) is 17.7 Å². The first-order valence-electron chi connectivity index (χ1n) is 11.6. The number of rotatable bonds is 6. The highest BCUT2D eigenvalue weighted by atomic mass is 16.2. The summed E-state index contributed by atoms with van der Waals surface area (Å²) in [6.07, 6.45) is 1.75. The van der Waals surface area contributed by atoms with Crippen LogP contribution in [0.2, 0.25) is 0 Å². The molecule has 7 heteroatoms. The number of likely N-dealkylation sites (tertiary alicyclic amines) is 1. The number of piperazine rings is 1. The average molecular weight is 426 g/mol. The van der Waals surface area contributed by atoms with Gasteiger partial charge in [0.05, 0.1) is 0 Å². The summed E-state index contributed by atoms with van der Waals surface area (Å²) in [5, 5.41) is 4.19. The third-order valence-corrected chi connectivity index (χ3v) is 7.03. The van der Waals surface area contributed by atoms with E-state index < -0.39 is 0 Å². The maximum atomic E-state index is 12.9. The van der Waals surface area contributed by atoms with Crippen LogP contribution >= 0.6 is 0 Å². The second kappa shape index (κ2) is 9.83. The zero-order valence-corrected chi connectivity index (χ0v) is 18.8. The fourth-order valence-corrected chi connectivity index (χ4v) is 4.75. The summed E-state index contributed by atoms with van der Waals surface area (Å²) >= 11 is 0. The Morgan fingerprint density at radius 1 is 1.10 bits per heavy atom. The number of benzene rings is 1. The van der Waals surface area contributed by atoms with E-state index in [4.69, 9.17) is 0 Å². The van der Waals surface area contributed by atoms with Crippen LogP contribution in [0.25, 0.3) is 10.9 Å². The number of amides is 2. The van der Waals surface area contributed by atoms with E-state index in [0.29, 0.717) is 31.2 Å². The number of nitrogens with zero attached hydrogens (tertiary/aromatic N) is 3. The Hall–Kier alpha value is -2.38. The third-order valence-electron chi connectivity index (χ3n) is 7.03. The van der Waals surface area contributed by atoms with Crippen LogP contribution in [0.3, 0.4) is 0 Å². The summed E-state index contributed by atoms with van der Waals surface area (Å²) in [6, 6.07) is 9.88. The molecule has 1 aromatic heterocycles. The van der Waals surface area contributed by atoms with Crippen LogP contribution in [0.1, 0.15) is 30.3 Å². The van der Waals surface area contributed by atoms with Crippen LogP contribution in [0, 0.1) is 11.8 Å². The molecule has 0 spiro atoms. The first-order chi connectivity index (χ1) is 15.0. The second-order valence-corrected chi connectivity index (χ2v) is 9.12. The van der Waals surface area contributed by atoms with Crippen molar-refractivity contribution in [2.24, 2.45) is 11.8 Å². The Bertz CT molecular complexity index is 861. The Balaban J connectivity index is 1.21. The summed E-state index contributed by atoms with van der Waals surface area (Å²) in [5.41, 5.74) is 1.64. The largest absolute Gasteiger partial charge is 0.355 e. The maximum absolute atomic E-state index is 12.9. The van der Waals surface area contributed by atoms with Crippen molar-refractivity contribution in [1.29, 1.82) is 0 Å². The summed E-state index contributed by atoms with van der Waals surface area (Å²) in [7, 11) is 2.15. The predicted octanol–water partition coefficient (Wildman–Crippen LogP) is 2.02. The van der Waals surface area contributed by atoms with Gasteiger partial charge in [-0.3, -0.25) is 14.5 Å². The van der Waals surface area contributed by atoms with Crippen molar-refractivity contribution in [2.75, 3.05) is 59.4 Å². The molecule has 2 aliphatic rings. The molecule has 0 unspecified atom stereocenters. The lowest BCUT2D eigenvalue weighted by molar-refractivity contribution is -0.126. The Kier molecular flexibility index (Phi) is 6.92. The van der Waals surface area contributed by atoms with Gasteiger partial charge in [-0.25, -0.2) is 0 Å². The normalized spacial score (nSPS) is 20.1. The summed E-state index contributed by atoms with van der Waals surface area (Å²) < 4.78 is 0. The first-order valence-corrected chi connectivity index (χ1v) is 11.6. The van der Waals surface area contributed by atoms with Gasteiger partial charge in [-0.2, -0.15) is 0 Å². The number of nitrogens with one attached hydrogen (secondary N) is 2. The lowest BCUT2D eigenvalue weighted by atomic mass is 9.84. The molecule has 31 heavy (non-hydrogen) atoms. The first kappa shape index (κ1) is 21.8. The van der Waals surface area contributed by atoms with Crippen LogP contribution in [-0.4, -0.2) is 90.9 Å². The van der Waals surface area contributed by atoms with Gasteiger partial charge >= 0.3 is 0 Å². The number of likely N-dealkylation sites (N-methyl/N-ethyl adjacent to an activating group) is 1. The van der Waals surface area contributed by atoms with E-state index in [0.717, 1.165) is 56.5 Å². The zero-order valence-electron chi connectivity index (χ0n) is 18.8. The molecular weight excluding hydrogens is 390 g/mol. The van der Waals surface area contributed by atoms with Crippen LogP contribution in [0.15, 0.2) is 30.3 Å². The van der Waals surface area contributed by atoms with Crippen molar-refractivity contribution in [2.45, 2.75) is 19.8 Å². The fourth-order valence-electron chi connectivity index (χ4n) is 4.75. The molecule has 0 saturated carbocycles. The Morgan fingerprint density at radius 2 is 1.81 bits per heavy atom. The van der Waals surface area contributed by atoms with Gasteiger partial charge < -0.3 is 20.1 Å². The number of hydrogen-bond donors (Lipinski definition) is 2. The van der Waals surface area contributed by atoms with E-state index in [1.807, 2.05) is 42.2 Å². The zero-order chi connectivity index (χ0) is 21.8. The molecular formula is C24H35N5O2. The van der Waals surface area contributed by atoms with E-state index in [1.54, 1.807) is 0 Å². The number of H-pyrrole nitrogens is 1. The molecule has 168 valence electrons. The standard InChI is InChI=1S/C24H35N5O2/c1-18(23(30)25-9-12-28-15-13-27(2)14-16-28)19-7-10-29(11-8-19)24(31)22-17-20-5-3-4-6-21(20)26-22/h3-6,17-19,26H,7-16H2,1-2H3,(H,25,30)/t18-/m1/s1. The molecule has 2 amide bonds. The molecule has 0 bridgehead atoms. The van der Waals surface area contributed by atoms with Crippen molar-refractivity contribution in [1.82, 2.24) is 25.0 Å². The average Bonchev–Trinajstić information content (AvgIpc) is 3.24. The fraction of sp³-hybridized carbons (Fsp3) is 0.583. The van der Waals surface area contributed by atoms with Crippen LogP contribution in [-0.2, 0) is 4.79 Å². The number of carbonyl (C=O) groups is 2. The molecule has 2 aromatic rings. The summed E-state index contributed by atoms with van der Waals surface area (Å²) in [4.78, 5) is 35.5. The minimum Gasteiger partial charge on any atom is -0.355 e. The van der Waals surface area contributed by atoms with Gasteiger partial charge in [0.15, 0.2) is 0 Å². The SMILES string of the molecule is C[C@@H](C(=O)NCCN1CCN(C)CC1)C1CCN(C(=O)c2cc3ccccc3[nH]2)CC1. The molecule has 1 aromatic carbocycles. The highest BCUT2D eigenvalue weighted by molar-refractivity contribution is 5.98. The van der Waals surface area contributed by atoms with Gasteiger partial charge in [0, 0.05) is 69.2 Å². The van der Waals surface area contributed by atoms with Gasteiger partial charge in [-0.05, 0) is 37.9 Å². The van der Waals surface area contributed by atoms with Crippen molar-refractivity contribution < 1.29 is 9.59 Å². The Morgan fingerprint density at radius 3 is 2.52 bits per heavy atom.